The van der Waals surface area contributed by atoms with E-state index in [2.05, 4.69) is 15.6 Å². The van der Waals surface area contributed by atoms with Gasteiger partial charge in [-0.1, -0.05) is 24.6 Å². The molecule has 1 saturated heterocycles. The first kappa shape index (κ1) is 14.2. The van der Waals surface area contributed by atoms with Crippen LogP contribution in [-0.2, 0) is 9.59 Å². The SMILES string of the molecule is O=C1CCCCC(C(=O)NCC=Cc2cccnc2)N1. The molecule has 0 aliphatic carbocycles. The van der Waals surface area contributed by atoms with E-state index in [0.29, 0.717) is 19.4 Å². The zero-order chi connectivity index (χ0) is 14.2. The van der Waals surface area contributed by atoms with E-state index in [9.17, 15) is 9.59 Å². The number of amides is 2. The minimum Gasteiger partial charge on any atom is -0.351 e. The van der Waals surface area contributed by atoms with Crippen LogP contribution in [0, 0.1) is 0 Å². The Bertz CT molecular complexity index is 485. The summed E-state index contributed by atoms with van der Waals surface area (Å²) in [5.41, 5.74) is 0.990. The lowest BCUT2D eigenvalue weighted by molar-refractivity contribution is -0.128. The van der Waals surface area contributed by atoms with E-state index in [0.717, 1.165) is 18.4 Å². The Morgan fingerprint density at radius 2 is 2.40 bits per heavy atom. The third-order valence-electron chi connectivity index (χ3n) is 3.19. The Morgan fingerprint density at radius 1 is 1.50 bits per heavy atom. The predicted molar refractivity (Wildman–Crippen MR) is 76.7 cm³/mol. The molecule has 1 aromatic heterocycles. The number of hydrogen-bond donors (Lipinski definition) is 2. The summed E-state index contributed by atoms with van der Waals surface area (Å²) < 4.78 is 0. The third-order valence-corrected chi connectivity index (χ3v) is 3.19. The molecule has 1 aliphatic heterocycles. The molecule has 1 atom stereocenters. The van der Waals surface area contributed by atoms with Crippen molar-refractivity contribution < 1.29 is 9.59 Å². The van der Waals surface area contributed by atoms with Gasteiger partial charge in [0.05, 0.1) is 0 Å². The lowest BCUT2D eigenvalue weighted by atomic mass is 10.1. The van der Waals surface area contributed by atoms with E-state index >= 15 is 0 Å². The molecule has 1 aliphatic rings. The monoisotopic (exact) mass is 273 g/mol. The maximum absolute atomic E-state index is 11.9. The third kappa shape index (κ3) is 4.50. The first-order valence-corrected chi connectivity index (χ1v) is 6.89. The number of rotatable bonds is 4. The van der Waals surface area contributed by atoms with E-state index in [4.69, 9.17) is 0 Å². The van der Waals surface area contributed by atoms with Crippen molar-refractivity contribution in [1.82, 2.24) is 15.6 Å². The van der Waals surface area contributed by atoms with E-state index in [1.54, 1.807) is 12.4 Å². The predicted octanol–water partition coefficient (Wildman–Crippen LogP) is 1.27. The first-order chi connectivity index (χ1) is 9.75. The Labute approximate surface area is 118 Å². The minimum atomic E-state index is -0.392. The van der Waals surface area contributed by atoms with Crippen LogP contribution < -0.4 is 10.6 Å². The van der Waals surface area contributed by atoms with Crippen LogP contribution in [0.4, 0.5) is 0 Å². The van der Waals surface area contributed by atoms with Crippen LogP contribution in [0.25, 0.3) is 6.08 Å². The van der Waals surface area contributed by atoms with Gasteiger partial charge in [0.2, 0.25) is 11.8 Å². The van der Waals surface area contributed by atoms with Gasteiger partial charge in [-0.15, -0.1) is 0 Å². The van der Waals surface area contributed by atoms with Gasteiger partial charge < -0.3 is 10.6 Å². The van der Waals surface area contributed by atoms with E-state index in [1.165, 1.54) is 0 Å². The molecule has 20 heavy (non-hydrogen) atoms. The lowest BCUT2D eigenvalue weighted by Crippen LogP contribution is -2.45. The van der Waals surface area contributed by atoms with Crippen molar-refractivity contribution in [1.29, 1.82) is 0 Å². The number of aromatic nitrogens is 1. The number of carbonyl (C=O) groups is 2. The number of pyridine rings is 1. The summed E-state index contributed by atoms with van der Waals surface area (Å²) in [5, 5.41) is 5.56. The van der Waals surface area contributed by atoms with Gasteiger partial charge in [0.1, 0.15) is 6.04 Å². The van der Waals surface area contributed by atoms with Crippen LogP contribution in [-0.4, -0.2) is 29.4 Å². The van der Waals surface area contributed by atoms with Gasteiger partial charge in [0.15, 0.2) is 0 Å². The Kier molecular flexibility index (Phi) is 5.29. The van der Waals surface area contributed by atoms with Crippen molar-refractivity contribution in [3.05, 3.63) is 36.2 Å². The van der Waals surface area contributed by atoms with Gasteiger partial charge >= 0.3 is 0 Å². The molecule has 1 fully saturated rings. The number of carbonyl (C=O) groups excluding carboxylic acids is 2. The van der Waals surface area contributed by atoms with Crippen molar-refractivity contribution in [2.24, 2.45) is 0 Å². The van der Waals surface area contributed by atoms with E-state index in [-0.39, 0.29) is 11.8 Å². The highest BCUT2D eigenvalue weighted by molar-refractivity contribution is 5.88. The summed E-state index contributed by atoms with van der Waals surface area (Å²) in [7, 11) is 0. The van der Waals surface area contributed by atoms with E-state index in [1.807, 2.05) is 24.3 Å². The average molecular weight is 273 g/mol. The molecule has 106 valence electrons. The van der Waals surface area contributed by atoms with Crippen molar-refractivity contribution in [3.63, 3.8) is 0 Å². The van der Waals surface area contributed by atoms with Crippen LogP contribution in [0.5, 0.6) is 0 Å². The maximum Gasteiger partial charge on any atom is 0.242 e. The van der Waals surface area contributed by atoms with Crippen LogP contribution in [0.3, 0.4) is 0 Å². The molecule has 0 spiro atoms. The molecule has 2 rings (SSSR count). The second-order valence-corrected chi connectivity index (χ2v) is 4.80. The summed E-state index contributed by atoms with van der Waals surface area (Å²) >= 11 is 0. The molecule has 2 heterocycles. The fraction of sp³-hybridized carbons (Fsp3) is 0.400. The Hall–Kier alpha value is -2.17. The maximum atomic E-state index is 11.9. The molecule has 0 bridgehead atoms. The van der Waals surface area contributed by atoms with Gasteiger partial charge in [0.25, 0.3) is 0 Å². The molecular weight excluding hydrogens is 254 g/mol. The van der Waals surface area contributed by atoms with Gasteiger partial charge in [0, 0.05) is 25.4 Å². The smallest absolute Gasteiger partial charge is 0.242 e. The topological polar surface area (TPSA) is 71.1 Å². The standard InChI is InChI=1S/C15H19N3O2/c19-14-8-2-1-7-13(18-14)15(20)17-10-4-6-12-5-3-9-16-11-12/h3-6,9,11,13H,1-2,7-8,10H2,(H,17,20)(H,18,19). The van der Waals surface area contributed by atoms with Gasteiger partial charge in [-0.2, -0.15) is 0 Å². The lowest BCUT2D eigenvalue weighted by Gasteiger charge is -2.14. The molecule has 0 radical (unpaired) electrons. The molecule has 2 N–H and O–H groups in total. The largest absolute Gasteiger partial charge is 0.351 e. The molecule has 1 aromatic rings. The van der Waals surface area contributed by atoms with Crippen LogP contribution in [0.15, 0.2) is 30.6 Å². The van der Waals surface area contributed by atoms with Crippen LogP contribution in [0.2, 0.25) is 0 Å². The number of nitrogens with zero attached hydrogens (tertiary/aromatic N) is 1. The fourth-order valence-corrected chi connectivity index (χ4v) is 2.12. The zero-order valence-corrected chi connectivity index (χ0v) is 11.3. The van der Waals surface area contributed by atoms with Crippen LogP contribution >= 0.6 is 0 Å². The Balaban J connectivity index is 1.77. The van der Waals surface area contributed by atoms with Crippen LogP contribution in [0.1, 0.15) is 31.2 Å². The van der Waals surface area contributed by atoms with Crippen molar-refractivity contribution >= 4 is 17.9 Å². The highest BCUT2D eigenvalue weighted by atomic mass is 16.2. The summed E-state index contributed by atoms with van der Waals surface area (Å²) in [4.78, 5) is 27.3. The molecule has 5 nitrogen and oxygen atoms in total. The van der Waals surface area contributed by atoms with Gasteiger partial charge in [-0.05, 0) is 24.5 Å². The van der Waals surface area contributed by atoms with Crippen molar-refractivity contribution in [2.75, 3.05) is 6.54 Å². The van der Waals surface area contributed by atoms with E-state index < -0.39 is 6.04 Å². The summed E-state index contributed by atoms with van der Waals surface area (Å²) in [6.45, 7) is 0.445. The second kappa shape index (κ2) is 7.43. The number of nitrogens with one attached hydrogen (secondary N) is 2. The second-order valence-electron chi connectivity index (χ2n) is 4.80. The van der Waals surface area contributed by atoms with Gasteiger partial charge in [-0.3, -0.25) is 14.6 Å². The highest BCUT2D eigenvalue weighted by Gasteiger charge is 2.22. The molecule has 0 aromatic carbocycles. The number of hydrogen-bond acceptors (Lipinski definition) is 3. The summed E-state index contributed by atoms with van der Waals surface area (Å²) in [5.74, 6) is -0.148. The molecule has 5 heteroatoms. The molecule has 0 saturated carbocycles. The molecular formula is C15H19N3O2. The fourth-order valence-electron chi connectivity index (χ4n) is 2.12. The normalized spacial score (nSPS) is 19.4. The summed E-state index contributed by atoms with van der Waals surface area (Å²) in [6, 6.07) is 3.41. The minimum absolute atomic E-state index is 0.0337. The quantitative estimate of drug-likeness (QED) is 0.868. The highest BCUT2D eigenvalue weighted by Crippen LogP contribution is 2.09. The average Bonchev–Trinajstić information content (AvgIpc) is 2.69. The molecule has 2 amide bonds. The van der Waals surface area contributed by atoms with Gasteiger partial charge in [-0.25, -0.2) is 0 Å². The first-order valence-electron chi connectivity index (χ1n) is 6.89. The zero-order valence-electron chi connectivity index (χ0n) is 11.3. The summed E-state index contributed by atoms with van der Waals surface area (Å²) in [6.07, 6.45) is 10.2. The van der Waals surface area contributed by atoms with Crippen molar-refractivity contribution in [3.8, 4) is 0 Å². The Morgan fingerprint density at radius 3 is 3.20 bits per heavy atom. The van der Waals surface area contributed by atoms with Crippen molar-refractivity contribution in [2.45, 2.75) is 31.7 Å². The molecule has 1 unspecified atom stereocenters.